The van der Waals surface area contributed by atoms with Crippen molar-refractivity contribution in [3.63, 3.8) is 0 Å². The Bertz CT molecular complexity index is 1100. The molecule has 0 fully saturated rings. The molecule has 34 heavy (non-hydrogen) atoms. The van der Waals surface area contributed by atoms with Crippen molar-refractivity contribution >= 4 is 3.21 Å². The van der Waals surface area contributed by atoms with Crippen LogP contribution in [0.4, 0.5) is 0 Å². The van der Waals surface area contributed by atoms with E-state index in [1.54, 1.807) is 0 Å². The first-order chi connectivity index (χ1) is 15.9. The van der Waals surface area contributed by atoms with Crippen molar-refractivity contribution in [2.45, 2.75) is 69.2 Å². The molecule has 0 spiro atoms. The van der Waals surface area contributed by atoms with Crippen LogP contribution >= 0.6 is 0 Å². The van der Waals surface area contributed by atoms with Gasteiger partial charge in [-0.25, -0.2) is 22.8 Å². The van der Waals surface area contributed by atoms with Gasteiger partial charge in [0.05, 0.1) is 0 Å². The molecule has 0 nitrogen and oxygen atoms in total. The molecule has 2 unspecified atom stereocenters. The summed E-state index contributed by atoms with van der Waals surface area (Å²) < 4.78 is 1.46. The van der Waals surface area contributed by atoms with E-state index >= 15 is 0 Å². The molecule has 2 aromatic carbocycles. The molecule has 2 aromatic rings. The average molecular weight is 528 g/mol. The second-order valence-corrected chi connectivity index (χ2v) is 11.1. The first-order valence-corrected chi connectivity index (χ1v) is 13.4. The summed E-state index contributed by atoms with van der Waals surface area (Å²) in [6.45, 7) is 21.5. The standard InChI is InChI=1S/C17H18.2C8H11.Zr/c1-12-5-7-16(14(3)9-12)11-17-8-6-13(2)10-15(17)4;2*1-6-4-7(2)8(3)5-6;/h5-10H,1-4H3;4,8H,1-3H3;4,6H,1-3H3;/q;2*-1;+2. The molecule has 2 aliphatic carbocycles. The Labute approximate surface area is 223 Å². The molecule has 0 saturated heterocycles. The Kier molecular flexibility index (Phi) is 10.6. The molecule has 0 N–H and O–H groups in total. The van der Waals surface area contributed by atoms with Crippen LogP contribution in [0.1, 0.15) is 74.9 Å². The van der Waals surface area contributed by atoms with E-state index in [0.29, 0.717) is 11.8 Å². The fourth-order valence-corrected chi connectivity index (χ4v) is 5.67. The first kappa shape index (κ1) is 28.4. The normalized spacial score (nSPS) is 18.6. The predicted octanol–water partition coefficient (Wildman–Crippen LogP) is 8.70. The molecule has 0 bridgehead atoms. The molecule has 4 rings (SSSR count). The SMILES string of the molecule is CC1=[C-]C(C)C(C)=C1.CC1=[C-]C(C)C=C1C.Cc1ccc([C](=[Zr+2])c2ccc(C)cc2C)c(C)c1. The molecule has 0 aliphatic heterocycles. The van der Waals surface area contributed by atoms with Crippen LogP contribution in [0.15, 0.2) is 70.8 Å². The number of aryl methyl sites for hydroxylation is 4. The molecule has 0 aromatic heterocycles. The van der Waals surface area contributed by atoms with E-state index in [1.807, 2.05) is 0 Å². The molecule has 0 radical (unpaired) electrons. The molecule has 176 valence electrons. The van der Waals surface area contributed by atoms with Crippen LogP contribution in [0.5, 0.6) is 0 Å². The van der Waals surface area contributed by atoms with Crippen LogP contribution in [0.25, 0.3) is 0 Å². The second kappa shape index (κ2) is 12.7. The summed E-state index contributed by atoms with van der Waals surface area (Å²) >= 11 is 1.48. The third-order valence-corrected chi connectivity index (χ3v) is 7.73. The van der Waals surface area contributed by atoms with Gasteiger partial charge in [0.2, 0.25) is 0 Å². The summed E-state index contributed by atoms with van der Waals surface area (Å²) in [5, 5.41) is 0. The molecule has 2 atom stereocenters. The Morgan fingerprint density at radius 3 is 1.47 bits per heavy atom. The van der Waals surface area contributed by atoms with Gasteiger partial charge in [-0.1, -0.05) is 46.5 Å². The Balaban J connectivity index is 0.000000210. The number of rotatable bonds is 2. The zero-order valence-electron chi connectivity index (χ0n) is 22.8. The predicted molar refractivity (Wildman–Crippen MR) is 146 cm³/mol. The maximum absolute atomic E-state index is 3.29. The van der Waals surface area contributed by atoms with Gasteiger partial charge < -0.3 is 0 Å². The van der Waals surface area contributed by atoms with E-state index in [2.05, 4.69) is 130 Å². The zero-order valence-corrected chi connectivity index (χ0v) is 25.2. The van der Waals surface area contributed by atoms with Crippen LogP contribution in [-0.4, -0.2) is 3.21 Å². The van der Waals surface area contributed by atoms with E-state index in [1.165, 1.54) is 83.1 Å². The number of hydrogen-bond acceptors (Lipinski definition) is 0. The Morgan fingerprint density at radius 2 is 1.24 bits per heavy atom. The van der Waals surface area contributed by atoms with Crippen molar-refractivity contribution in [3.05, 3.63) is 116 Å². The van der Waals surface area contributed by atoms with Crippen molar-refractivity contribution in [3.8, 4) is 0 Å². The third-order valence-electron chi connectivity index (χ3n) is 6.41. The Hall–Kier alpha value is -1.85. The van der Waals surface area contributed by atoms with Gasteiger partial charge in [0.1, 0.15) is 0 Å². The van der Waals surface area contributed by atoms with E-state index in [0.717, 1.165) is 0 Å². The Morgan fingerprint density at radius 1 is 0.735 bits per heavy atom. The van der Waals surface area contributed by atoms with Crippen molar-refractivity contribution in [2.24, 2.45) is 11.8 Å². The van der Waals surface area contributed by atoms with Gasteiger partial charge in [0.25, 0.3) is 0 Å². The van der Waals surface area contributed by atoms with Gasteiger partial charge in [-0.2, -0.15) is 11.6 Å². The van der Waals surface area contributed by atoms with E-state index in [9.17, 15) is 0 Å². The second-order valence-electron chi connectivity index (χ2n) is 9.86. The van der Waals surface area contributed by atoms with Gasteiger partial charge in [-0.05, 0) is 0 Å². The summed E-state index contributed by atoms with van der Waals surface area (Å²) in [6, 6.07) is 13.5. The summed E-state index contributed by atoms with van der Waals surface area (Å²) in [7, 11) is 0. The summed E-state index contributed by atoms with van der Waals surface area (Å²) in [5.41, 5.74) is 13.6. The van der Waals surface area contributed by atoms with Crippen molar-refractivity contribution in [2.75, 3.05) is 0 Å². The van der Waals surface area contributed by atoms with Gasteiger partial charge in [-0.15, -0.1) is 6.92 Å². The van der Waals surface area contributed by atoms with Crippen LogP contribution in [0.2, 0.25) is 0 Å². The first-order valence-electron chi connectivity index (χ1n) is 12.2. The minimum atomic E-state index is 0.551. The summed E-state index contributed by atoms with van der Waals surface area (Å²) in [4.78, 5) is 0. The molecule has 0 amide bonds. The van der Waals surface area contributed by atoms with E-state index in [4.69, 9.17) is 0 Å². The van der Waals surface area contributed by atoms with Gasteiger partial charge in [0.15, 0.2) is 0 Å². The third kappa shape index (κ3) is 8.13. The number of hydrogen-bond donors (Lipinski definition) is 0. The zero-order chi connectivity index (χ0) is 25.6. The van der Waals surface area contributed by atoms with Crippen LogP contribution < -0.4 is 0 Å². The molecule has 0 heterocycles. The van der Waals surface area contributed by atoms with Gasteiger partial charge >= 0.3 is 125 Å². The summed E-state index contributed by atoms with van der Waals surface area (Å²) in [6.07, 6.45) is 11.0. The van der Waals surface area contributed by atoms with Gasteiger partial charge in [-0.3, -0.25) is 12.2 Å². The number of allylic oxidation sites excluding steroid dienone is 8. The summed E-state index contributed by atoms with van der Waals surface area (Å²) in [5.74, 6) is 1.12. The van der Waals surface area contributed by atoms with Crippen molar-refractivity contribution in [1.82, 2.24) is 0 Å². The van der Waals surface area contributed by atoms with Gasteiger partial charge in [0, 0.05) is 0 Å². The molecule has 0 saturated carbocycles. The monoisotopic (exact) mass is 526 g/mol. The number of benzene rings is 2. The van der Waals surface area contributed by atoms with Crippen molar-refractivity contribution in [1.29, 1.82) is 0 Å². The van der Waals surface area contributed by atoms with Crippen LogP contribution in [0, 0.1) is 51.7 Å². The average Bonchev–Trinajstić information content (AvgIpc) is 3.19. The molecular weight excluding hydrogens is 488 g/mol. The quantitative estimate of drug-likeness (QED) is 0.343. The van der Waals surface area contributed by atoms with E-state index < -0.39 is 0 Å². The molecule has 1 heteroatoms. The van der Waals surface area contributed by atoms with Crippen LogP contribution in [-0.2, 0) is 24.2 Å². The topological polar surface area (TPSA) is 0 Å². The maximum atomic E-state index is 3.29. The fraction of sp³-hybridized carbons (Fsp3) is 0.364. The molecule has 2 aliphatic rings. The van der Waals surface area contributed by atoms with Crippen molar-refractivity contribution < 1.29 is 24.2 Å². The van der Waals surface area contributed by atoms with E-state index in [-0.39, 0.29) is 0 Å². The molecular formula is C33H40Zr. The fourth-order valence-electron chi connectivity index (χ4n) is 4.29. The minimum absolute atomic E-state index is 0.551. The van der Waals surface area contributed by atoms with Crippen LogP contribution in [0.3, 0.4) is 0 Å².